The largest absolute Gasteiger partial charge is 0.352 e. The number of hydrogen-bond donors (Lipinski definition) is 3. The molecule has 2 rings (SSSR count). The van der Waals surface area contributed by atoms with E-state index in [-0.39, 0.29) is 23.4 Å². The molecule has 1 aliphatic rings. The molecule has 5 heteroatoms. The summed E-state index contributed by atoms with van der Waals surface area (Å²) in [6.07, 6.45) is 4.19. The van der Waals surface area contributed by atoms with Crippen molar-refractivity contribution in [2.24, 2.45) is 11.7 Å². The quantitative estimate of drug-likeness (QED) is 0.695. The fraction of sp³-hybridized carbons (Fsp3) is 0.500. The molecule has 0 saturated heterocycles. The van der Waals surface area contributed by atoms with Crippen molar-refractivity contribution in [1.82, 2.24) is 10.3 Å². The standard InChI is InChI=1S/C12H17N3O2/c13-10-3-2-9(5-10)12(17)15-7-8-1-4-11(16)14-6-8/h1,4,6,9-10H,2-3,5,7,13H2,(H,14,16)(H,15,17). The summed E-state index contributed by atoms with van der Waals surface area (Å²) in [6, 6.07) is 3.32. The van der Waals surface area contributed by atoms with Gasteiger partial charge in [0.1, 0.15) is 0 Å². The fourth-order valence-corrected chi connectivity index (χ4v) is 2.14. The summed E-state index contributed by atoms with van der Waals surface area (Å²) in [5, 5.41) is 2.86. The minimum absolute atomic E-state index is 0.0489. The molecule has 17 heavy (non-hydrogen) atoms. The third-order valence-corrected chi connectivity index (χ3v) is 3.16. The monoisotopic (exact) mass is 235 g/mol. The van der Waals surface area contributed by atoms with E-state index in [0.717, 1.165) is 24.8 Å². The number of nitrogens with two attached hydrogens (primary N) is 1. The smallest absolute Gasteiger partial charge is 0.247 e. The number of pyridine rings is 1. The van der Waals surface area contributed by atoms with Gasteiger partial charge in [-0.3, -0.25) is 9.59 Å². The first-order valence-electron chi connectivity index (χ1n) is 5.86. The van der Waals surface area contributed by atoms with Gasteiger partial charge in [-0.25, -0.2) is 0 Å². The highest BCUT2D eigenvalue weighted by Gasteiger charge is 2.27. The van der Waals surface area contributed by atoms with Crippen LogP contribution >= 0.6 is 0 Å². The lowest BCUT2D eigenvalue weighted by atomic mass is 10.1. The molecule has 0 bridgehead atoms. The Morgan fingerprint density at radius 1 is 1.47 bits per heavy atom. The number of amides is 1. The third kappa shape index (κ3) is 3.17. The zero-order valence-corrected chi connectivity index (χ0v) is 9.61. The Labute approximate surface area is 99.4 Å². The van der Waals surface area contributed by atoms with Gasteiger partial charge < -0.3 is 16.0 Å². The lowest BCUT2D eigenvalue weighted by Gasteiger charge is -2.10. The van der Waals surface area contributed by atoms with Gasteiger partial charge in [0, 0.05) is 30.8 Å². The Bertz CT molecular complexity index is 435. The highest BCUT2D eigenvalue weighted by molar-refractivity contribution is 5.78. The molecule has 0 aromatic carbocycles. The summed E-state index contributed by atoms with van der Waals surface area (Å²) >= 11 is 0. The van der Waals surface area contributed by atoms with Crippen LogP contribution in [0.15, 0.2) is 23.1 Å². The molecule has 2 atom stereocenters. The molecule has 1 heterocycles. The number of aromatic nitrogens is 1. The van der Waals surface area contributed by atoms with Crippen LogP contribution in [-0.4, -0.2) is 16.9 Å². The van der Waals surface area contributed by atoms with Gasteiger partial charge in [-0.2, -0.15) is 0 Å². The molecule has 0 aliphatic heterocycles. The van der Waals surface area contributed by atoms with Crippen LogP contribution in [0.2, 0.25) is 0 Å². The summed E-state index contributed by atoms with van der Waals surface area (Å²) in [5.74, 6) is 0.108. The van der Waals surface area contributed by atoms with Crippen LogP contribution in [-0.2, 0) is 11.3 Å². The van der Waals surface area contributed by atoms with Gasteiger partial charge in [0.15, 0.2) is 0 Å². The van der Waals surface area contributed by atoms with Crippen molar-refractivity contribution in [3.05, 3.63) is 34.2 Å². The van der Waals surface area contributed by atoms with Crippen molar-refractivity contribution in [2.75, 3.05) is 0 Å². The number of carbonyl (C=O) groups is 1. The van der Waals surface area contributed by atoms with Crippen LogP contribution in [0, 0.1) is 5.92 Å². The average molecular weight is 235 g/mol. The van der Waals surface area contributed by atoms with Crippen LogP contribution in [0.3, 0.4) is 0 Å². The topological polar surface area (TPSA) is 88.0 Å². The van der Waals surface area contributed by atoms with E-state index >= 15 is 0 Å². The summed E-state index contributed by atoms with van der Waals surface area (Å²) in [4.78, 5) is 25.2. The molecule has 92 valence electrons. The van der Waals surface area contributed by atoms with Crippen molar-refractivity contribution >= 4 is 5.91 Å². The van der Waals surface area contributed by atoms with Gasteiger partial charge >= 0.3 is 0 Å². The second kappa shape index (κ2) is 5.14. The fourth-order valence-electron chi connectivity index (χ4n) is 2.14. The van der Waals surface area contributed by atoms with Crippen molar-refractivity contribution in [3.8, 4) is 0 Å². The highest BCUT2D eigenvalue weighted by atomic mass is 16.2. The number of nitrogens with one attached hydrogen (secondary N) is 2. The second-order valence-electron chi connectivity index (χ2n) is 4.55. The van der Waals surface area contributed by atoms with E-state index < -0.39 is 0 Å². The zero-order chi connectivity index (χ0) is 12.3. The van der Waals surface area contributed by atoms with Crippen molar-refractivity contribution < 1.29 is 4.79 Å². The van der Waals surface area contributed by atoms with E-state index in [9.17, 15) is 9.59 Å². The molecule has 0 radical (unpaired) electrons. The van der Waals surface area contributed by atoms with Crippen molar-refractivity contribution in [1.29, 1.82) is 0 Å². The normalized spacial score (nSPS) is 23.6. The second-order valence-corrected chi connectivity index (χ2v) is 4.55. The molecule has 5 nitrogen and oxygen atoms in total. The van der Waals surface area contributed by atoms with Gasteiger partial charge in [-0.15, -0.1) is 0 Å². The van der Waals surface area contributed by atoms with Gasteiger partial charge in [0.05, 0.1) is 0 Å². The summed E-state index contributed by atoms with van der Waals surface area (Å²) in [6.45, 7) is 0.446. The van der Waals surface area contributed by atoms with Gasteiger partial charge in [-0.05, 0) is 24.8 Å². The summed E-state index contributed by atoms with van der Waals surface area (Å²) in [7, 11) is 0. The predicted octanol–water partition coefficient (Wildman–Crippen LogP) is 0.118. The van der Waals surface area contributed by atoms with E-state index in [4.69, 9.17) is 5.73 Å². The molecule has 1 saturated carbocycles. The third-order valence-electron chi connectivity index (χ3n) is 3.16. The average Bonchev–Trinajstić information content (AvgIpc) is 2.75. The Kier molecular flexibility index (Phi) is 3.58. The molecule has 0 spiro atoms. The van der Waals surface area contributed by atoms with Crippen LogP contribution < -0.4 is 16.6 Å². The maximum Gasteiger partial charge on any atom is 0.247 e. The lowest BCUT2D eigenvalue weighted by Crippen LogP contribution is -2.30. The SMILES string of the molecule is NC1CCC(C(=O)NCc2ccc(=O)[nH]c2)C1. The molecule has 1 aliphatic carbocycles. The van der Waals surface area contributed by atoms with Crippen molar-refractivity contribution in [2.45, 2.75) is 31.8 Å². The van der Waals surface area contributed by atoms with Crippen LogP contribution in [0.25, 0.3) is 0 Å². The first kappa shape index (κ1) is 11.9. The summed E-state index contributed by atoms with van der Waals surface area (Å²) < 4.78 is 0. The number of aromatic amines is 1. The van der Waals surface area contributed by atoms with Gasteiger partial charge in [0.25, 0.3) is 0 Å². The van der Waals surface area contributed by atoms with E-state index in [2.05, 4.69) is 10.3 Å². The molecular formula is C12H17N3O2. The minimum atomic E-state index is -0.137. The van der Waals surface area contributed by atoms with Gasteiger partial charge in [-0.1, -0.05) is 6.07 Å². The van der Waals surface area contributed by atoms with Crippen LogP contribution in [0.4, 0.5) is 0 Å². The molecule has 1 fully saturated rings. The van der Waals surface area contributed by atoms with E-state index in [1.807, 2.05) is 0 Å². The highest BCUT2D eigenvalue weighted by Crippen LogP contribution is 2.24. The zero-order valence-electron chi connectivity index (χ0n) is 9.61. The predicted molar refractivity (Wildman–Crippen MR) is 64.2 cm³/mol. The van der Waals surface area contributed by atoms with Crippen LogP contribution in [0.1, 0.15) is 24.8 Å². The number of H-pyrrole nitrogens is 1. The number of carbonyl (C=O) groups excluding carboxylic acids is 1. The first-order valence-corrected chi connectivity index (χ1v) is 5.86. The maximum absolute atomic E-state index is 11.8. The van der Waals surface area contributed by atoms with Crippen LogP contribution in [0.5, 0.6) is 0 Å². The van der Waals surface area contributed by atoms with Crippen molar-refractivity contribution in [3.63, 3.8) is 0 Å². The van der Waals surface area contributed by atoms with E-state index in [1.54, 1.807) is 12.3 Å². The molecule has 4 N–H and O–H groups in total. The molecule has 1 aromatic heterocycles. The summed E-state index contributed by atoms with van der Waals surface area (Å²) in [5.41, 5.74) is 6.52. The molecule has 1 aromatic rings. The lowest BCUT2D eigenvalue weighted by molar-refractivity contribution is -0.125. The first-order chi connectivity index (χ1) is 8.15. The minimum Gasteiger partial charge on any atom is -0.352 e. The Balaban J connectivity index is 1.84. The van der Waals surface area contributed by atoms with E-state index in [0.29, 0.717) is 6.54 Å². The molecule has 2 unspecified atom stereocenters. The van der Waals surface area contributed by atoms with Gasteiger partial charge in [0.2, 0.25) is 11.5 Å². The Hall–Kier alpha value is -1.62. The maximum atomic E-state index is 11.8. The van der Waals surface area contributed by atoms with E-state index in [1.165, 1.54) is 6.07 Å². The molecule has 1 amide bonds. The number of rotatable bonds is 3. The Morgan fingerprint density at radius 2 is 2.29 bits per heavy atom. The molecular weight excluding hydrogens is 218 g/mol. The Morgan fingerprint density at radius 3 is 2.88 bits per heavy atom. The number of hydrogen-bond acceptors (Lipinski definition) is 3.